The second-order valence-corrected chi connectivity index (χ2v) is 13.0. The van der Waals surface area contributed by atoms with Gasteiger partial charge in [0.05, 0.1) is 11.9 Å². The Bertz CT molecular complexity index is 1730. The number of hydrogen-bond donors (Lipinski definition) is 1. The number of amides is 2. The van der Waals surface area contributed by atoms with Crippen LogP contribution in [-0.2, 0) is 11.3 Å². The van der Waals surface area contributed by atoms with Gasteiger partial charge in [0.2, 0.25) is 5.91 Å². The molecule has 3 fully saturated rings. The molecule has 0 bridgehead atoms. The summed E-state index contributed by atoms with van der Waals surface area (Å²) >= 11 is 6.25. The molecule has 2 saturated heterocycles. The number of halogens is 3. The van der Waals surface area contributed by atoms with Crippen molar-refractivity contribution in [3.63, 3.8) is 0 Å². The van der Waals surface area contributed by atoms with Gasteiger partial charge in [-0.05, 0) is 54.9 Å². The average molecular weight is 653 g/mol. The van der Waals surface area contributed by atoms with E-state index in [9.17, 15) is 18.4 Å². The molecule has 2 amide bonds. The monoisotopic (exact) mass is 652 g/mol. The Morgan fingerprint density at radius 1 is 1.09 bits per heavy atom. The van der Waals surface area contributed by atoms with Gasteiger partial charge in [-0.25, -0.2) is 9.50 Å². The van der Waals surface area contributed by atoms with E-state index >= 15 is 0 Å². The molecule has 14 heteroatoms. The first-order chi connectivity index (χ1) is 22.3. The molecule has 4 aromatic rings. The Hall–Kier alpha value is -4.10. The van der Waals surface area contributed by atoms with Gasteiger partial charge in [0.25, 0.3) is 5.91 Å². The Kier molecular flexibility index (Phi) is 8.60. The normalized spacial score (nSPS) is 20.5. The van der Waals surface area contributed by atoms with Gasteiger partial charge in [0, 0.05) is 61.9 Å². The molecule has 3 aromatic heterocycles. The van der Waals surface area contributed by atoms with Crippen LogP contribution in [0.5, 0.6) is 5.75 Å². The molecule has 0 spiro atoms. The molecule has 2 aliphatic heterocycles. The Morgan fingerprint density at radius 2 is 1.87 bits per heavy atom. The summed E-state index contributed by atoms with van der Waals surface area (Å²) in [4.78, 5) is 35.6. The van der Waals surface area contributed by atoms with E-state index in [1.165, 1.54) is 71.9 Å². The number of rotatable bonds is 9. The zero-order valence-electron chi connectivity index (χ0n) is 25.2. The zero-order chi connectivity index (χ0) is 31.8. The van der Waals surface area contributed by atoms with Gasteiger partial charge in [0.1, 0.15) is 23.6 Å². The molecule has 11 nitrogen and oxygen atoms in total. The maximum atomic E-state index is 13.5. The maximum absolute atomic E-state index is 13.5. The smallest absolute Gasteiger partial charge is 0.387 e. The van der Waals surface area contributed by atoms with E-state index in [1.807, 2.05) is 4.90 Å². The Balaban J connectivity index is 1.10. The Morgan fingerprint density at radius 3 is 2.63 bits per heavy atom. The van der Waals surface area contributed by atoms with E-state index in [-0.39, 0.29) is 45.7 Å². The second kappa shape index (κ2) is 13.0. The summed E-state index contributed by atoms with van der Waals surface area (Å²) in [7, 11) is 0. The van der Waals surface area contributed by atoms with Crippen LogP contribution in [0, 0.1) is 17.8 Å². The number of carbonyl (C=O) groups is 2. The summed E-state index contributed by atoms with van der Waals surface area (Å²) in [5.74, 6) is 0.899. The third-order valence-corrected chi connectivity index (χ3v) is 9.63. The van der Waals surface area contributed by atoms with Crippen LogP contribution in [0.1, 0.15) is 42.5 Å². The molecule has 1 saturated carbocycles. The third kappa shape index (κ3) is 6.43. The fraction of sp³-hybridized carbons (Fsp3) is 0.469. The van der Waals surface area contributed by atoms with Gasteiger partial charge >= 0.3 is 6.61 Å². The van der Waals surface area contributed by atoms with E-state index in [4.69, 9.17) is 16.3 Å². The van der Waals surface area contributed by atoms with Crippen LogP contribution >= 0.6 is 11.6 Å². The number of fused-ring (bicyclic) bond motifs is 2. The minimum absolute atomic E-state index is 0.0853. The highest BCUT2D eigenvalue weighted by Crippen LogP contribution is 2.38. The first kappa shape index (κ1) is 30.5. The molecule has 0 unspecified atom stereocenters. The van der Waals surface area contributed by atoms with E-state index < -0.39 is 12.5 Å². The summed E-state index contributed by atoms with van der Waals surface area (Å²) in [6.45, 7) is 1.42. The second-order valence-electron chi connectivity index (χ2n) is 12.5. The van der Waals surface area contributed by atoms with Crippen molar-refractivity contribution in [2.45, 2.75) is 45.3 Å². The lowest BCUT2D eigenvalue weighted by Gasteiger charge is -2.28. The molecule has 0 radical (unpaired) electrons. The lowest BCUT2D eigenvalue weighted by Crippen LogP contribution is -2.36. The first-order valence-electron chi connectivity index (χ1n) is 15.7. The zero-order valence-corrected chi connectivity index (χ0v) is 26.0. The fourth-order valence-corrected chi connectivity index (χ4v) is 7.44. The predicted octanol–water partition coefficient (Wildman–Crippen LogP) is 5.07. The standard InChI is InChI=1S/C32H35ClF2N8O3/c33-23-7-8-27(46-32(34)35)24(11-23)29-26(38-31(45)25-12-37-43-10-4-9-36-30(25)43)18-42(39-29)19-28(44)41-16-21-14-40(15-22(21)17-41)13-20-5-2-1-3-6-20/h4,7-12,18,20-22,32H,1-3,5-6,13-17,19H2,(H,38,45)/t21-,22+. The molecule has 242 valence electrons. The number of anilines is 1. The van der Waals surface area contributed by atoms with Crippen LogP contribution in [0.15, 0.2) is 49.1 Å². The summed E-state index contributed by atoms with van der Waals surface area (Å²) in [6, 6.07) is 5.86. The lowest BCUT2D eigenvalue weighted by atomic mass is 9.89. The number of likely N-dealkylation sites (tertiary alicyclic amines) is 2. The largest absolute Gasteiger partial charge is 0.434 e. The van der Waals surface area contributed by atoms with Gasteiger partial charge in [-0.2, -0.15) is 19.0 Å². The van der Waals surface area contributed by atoms with Crippen LogP contribution in [0.3, 0.4) is 0 Å². The molecule has 46 heavy (non-hydrogen) atoms. The SMILES string of the molecule is O=C(Nc1cn(CC(=O)N2C[C@H]3CN(CC4CCCCC4)C[C@H]3C2)nc1-c1cc(Cl)ccc1OC(F)F)c1cnn2cccnc12. The first-order valence-corrected chi connectivity index (χ1v) is 16.1. The number of nitrogens with one attached hydrogen (secondary N) is 1. The summed E-state index contributed by atoms with van der Waals surface area (Å²) in [5.41, 5.74) is 0.990. The highest BCUT2D eigenvalue weighted by Gasteiger charge is 2.42. The van der Waals surface area contributed by atoms with Crippen molar-refractivity contribution in [3.05, 3.63) is 59.6 Å². The van der Waals surface area contributed by atoms with Crippen LogP contribution in [-0.4, -0.2) is 85.3 Å². The van der Waals surface area contributed by atoms with Gasteiger partial charge in [-0.15, -0.1) is 0 Å². The number of benzene rings is 1. The van der Waals surface area contributed by atoms with Gasteiger partial charge in [0.15, 0.2) is 5.65 Å². The summed E-state index contributed by atoms with van der Waals surface area (Å²) in [6.07, 6.45) is 12.8. The number of ether oxygens (including phenoxy) is 1. The van der Waals surface area contributed by atoms with Crippen molar-refractivity contribution in [2.75, 3.05) is 38.0 Å². The van der Waals surface area contributed by atoms with E-state index in [0.717, 1.165) is 25.6 Å². The highest BCUT2D eigenvalue weighted by atomic mass is 35.5. The number of alkyl halides is 2. The van der Waals surface area contributed by atoms with Gasteiger partial charge in [-0.1, -0.05) is 30.9 Å². The van der Waals surface area contributed by atoms with Crippen LogP contribution < -0.4 is 10.1 Å². The number of hydrogen-bond acceptors (Lipinski definition) is 7. The quantitative estimate of drug-likeness (QED) is 0.269. The third-order valence-electron chi connectivity index (χ3n) is 9.40. The fourth-order valence-electron chi connectivity index (χ4n) is 7.27. The van der Waals surface area contributed by atoms with Gasteiger partial charge in [-0.3, -0.25) is 14.3 Å². The average Bonchev–Trinajstić information content (AvgIpc) is 3.81. The molecular weight excluding hydrogens is 618 g/mol. The van der Waals surface area contributed by atoms with E-state index in [1.54, 1.807) is 18.5 Å². The van der Waals surface area contributed by atoms with Crippen molar-refractivity contribution >= 4 is 34.7 Å². The van der Waals surface area contributed by atoms with Crippen molar-refractivity contribution in [3.8, 4) is 17.0 Å². The molecule has 5 heterocycles. The van der Waals surface area contributed by atoms with Crippen molar-refractivity contribution in [1.29, 1.82) is 0 Å². The molecule has 7 rings (SSSR count). The van der Waals surface area contributed by atoms with Crippen molar-refractivity contribution < 1.29 is 23.1 Å². The molecule has 3 aliphatic rings. The van der Waals surface area contributed by atoms with Crippen LogP contribution in [0.25, 0.3) is 16.9 Å². The van der Waals surface area contributed by atoms with Crippen molar-refractivity contribution in [1.82, 2.24) is 34.2 Å². The topological polar surface area (TPSA) is 110 Å². The van der Waals surface area contributed by atoms with E-state index in [2.05, 4.69) is 25.4 Å². The maximum Gasteiger partial charge on any atom is 0.387 e. The predicted molar refractivity (Wildman–Crippen MR) is 167 cm³/mol. The van der Waals surface area contributed by atoms with Crippen molar-refractivity contribution in [2.24, 2.45) is 17.8 Å². The molecule has 2 atom stereocenters. The molecule has 1 aromatic carbocycles. The van der Waals surface area contributed by atoms with Crippen LogP contribution in [0.4, 0.5) is 14.5 Å². The molecular formula is C32H35ClF2N8O3. The van der Waals surface area contributed by atoms with Gasteiger partial charge < -0.3 is 19.9 Å². The molecule has 1 N–H and O–H groups in total. The number of nitrogens with zero attached hydrogens (tertiary/aromatic N) is 7. The Labute approximate surface area is 269 Å². The minimum Gasteiger partial charge on any atom is -0.434 e. The lowest BCUT2D eigenvalue weighted by molar-refractivity contribution is -0.131. The number of carbonyl (C=O) groups excluding carboxylic acids is 2. The van der Waals surface area contributed by atoms with Crippen LogP contribution in [0.2, 0.25) is 5.02 Å². The number of aromatic nitrogens is 5. The minimum atomic E-state index is -3.10. The van der Waals surface area contributed by atoms with E-state index in [0.29, 0.717) is 30.6 Å². The summed E-state index contributed by atoms with van der Waals surface area (Å²) < 4.78 is 34.3. The highest BCUT2D eigenvalue weighted by molar-refractivity contribution is 6.31. The summed E-state index contributed by atoms with van der Waals surface area (Å²) in [5, 5.41) is 11.8. The molecule has 1 aliphatic carbocycles.